The lowest BCUT2D eigenvalue weighted by atomic mass is 10.1. The van der Waals surface area contributed by atoms with Crippen LogP contribution in [0.4, 0.5) is 4.39 Å². The van der Waals surface area contributed by atoms with E-state index in [4.69, 9.17) is 5.11 Å². The Bertz CT molecular complexity index is 323. The Hall–Kier alpha value is -0.670. The maximum absolute atomic E-state index is 13.2. The van der Waals surface area contributed by atoms with Crippen LogP contribution in [0.25, 0.3) is 6.08 Å². The van der Waals surface area contributed by atoms with Crippen molar-refractivity contribution in [3.63, 3.8) is 0 Å². The molecule has 0 bridgehead atoms. The van der Waals surface area contributed by atoms with E-state index in [1.54, 1.807) is 18.2 Å². The third-order valence-corrected chi connectivity index (χ3v) is 2.27. The van der Waals surface area contributed by atoms with Gasteiger partial charge >= 0.3 is 0 Å². The number of alkyl halides is 1. The van der Waals surface area contributed by atoms with Gasteiger partial charge in [0.05, 0.1) is 6.61 Å². The fourth-order valence-corrected chi connectivity index (χ4v) is 1.36. The first-order valence-electron chi connectivity index (χ1n) is 4.39. The van der Waals surface area contributed by atoms with E-state index in [2.05, 4.69) is 15.9 Å². The number of aliphatic hydroxyl groups excluding tert-OH is 1. The summed E-state index contributed by atoms with van der Waals surface area (Å²) in [7, 11) is 0. The molecule has 0 saturated carbocycles. The van der Waals surface area contributed by atoms with Crippen LogP contribution in [0.1, 0.15) is 17.5 Å². The molecule has 0 aliphatic carbocycles. The standard InChI is InChI=1S/C11H12BrFO/c12-6-2-1-3-10-7-9(8-14)4-5-11(10)13/h1,3-5,7,14H,2,6,8H2. The maximum Gasteiger partial charge on any atom is 0.130 e. The van der Waals surface area contributed by atoms with E-state index < -0.39 is 0 Å². The van der Waals surface area contributed by atoms with Crippen LogP contribution >= 0.6 is 15.9 Å². The largest absolute Gasteiger partial charge is 0.392 e. The fourth-order valence-electron chi connectivity index (χ4n) is 1.09. The molecule has 0 aliphatic heterocycles. The van der Waals surface area contributed by atoms with Gasteiger partial charge in [-0.25, -0.2) is 4.39 Å². The van der Waals surface area contributed by atoms with Crippen molar-refractivity contribution in [2.24, 2.45) is 0 Å². The van der Waals surface area contributed by atoms with E-state index in [9.17, 15) is 4.39 Å². The fraction of sp³-hybridized carbons (Fsp3) is 0.273. The lowest BCUT2D eigenvalue weighted by Gasteiger charge is -2.00. The molecule has 0 amide bonds. The molecule has 0 unspecified atom stereocenters. The van der Waals surface area contributed by atoms with Crippen molar-refractivity contribution in [2.75, 3.05) is 5.33 Å². The molecule has 0 aliphatic rings. The molecular formula is C11H12BrFO. The van der Waals surface area contributed by atoms with Gasteiger partial charge in [-0.15, -0.1) is 0 Å². The summed E-state index contributed by atoms with van der Waals surface area (Å²) >= 11 is 3.28. The highest BCUT2D eigenvalue weighted by Gasteiger charge is 1.99. The minimum absolute atomic E-state index is 0.0560. The second-order valence-electron chi connectivity index (χ2n) is 2.89. The summed E-state index contributed by atoms with van der Waals surface area (Å²) in [5.74, 6) is -0.256. The molecule has 1 rings (SSSR count). The highest BCUT2D eigenvalue weighted by atomic mass is 79.9. The predicted octanol–water partition coefficient (Wildman–Crippen LogP) is 3.12. The number of aliphatic hydroxyl groups is 1. The van der Waals surface area contributed by atoms with E-state index >= 15 is 0 Å². The van der Waals surface area contributed by atoms with Crippen LogP contribution in [0.15, 0.2) is 24.3 Å². The van der Waals surface area contributed by atoms with Crippen molar-refractivity contribution in [3.05, 3.63) is 41.2 Å². The SMILES string of the molecule is OCc1ccc(F)c(C=CCCBr)c1. The maximum atomic E-state index is 13.2. The molecule has 0 spiro atoms. The van der Waals surface area contributed by atoms with Crippen molar-refractivity contribution in [3.8, 4) is 0 Å². The van der Waals surface area contributed by atoms with Crippen LogP contribution in [0.5, 0.6) is 0 Å². The molecule has 1 N–H and O–H groups in total. The van der Waals surface area contributed by atoms with Crippen molar-refractivity contribution in [1.29, 1.82) is 0 Å². The van der Waals surface area contributed by atoms with E-state index in [0.717, 1.165) is 17.3 Å². The average Bonchev–Trinajstić information content (AvgIpc) is 2.21. The number of halogens is 2. The molecule has 0 atom stereocenters. The van der Waals surface area contributed by atoms with Crippen molar-refractivity contribution in [2.45, 2.75) is 13.0 Å². The quantitative estimate of drug-likeness (QED) is 0.823. The first-order chi connectivity index (χ1) is 6.77. The van der Waals surface area contributed by atoms with Crippen LogP contribution in [-0.4, -0.2) is 10.4 Å². The first kappa shape index (κ1) is 11.4. The highest BCUT2D eigenvalue weighted by molar-refractivity contribution is 9.09. The lowest BCUT2D eigenvalue weighted by Crippen LogP contribution is -1.87. The summed E-state index contributed by atoms with van der Waals surface area (Å²) in [5, 5.41) is 9.74. The Morgan fingerprint density at radius 1 is 1.43 bits per heavy atom. The van der Waals surface area contributed by atoms with Gasteiger partial charge in [0.1, 0.15) is 5.82 Å². The van der Waals surface area contributed by atoms with E-state index in [-0.39, 0.29) is 12.4 Å². The smallest absolute Gasteiger partial charge is 0.130 e. The first-order valence-corrected chi connectivity index (χ1v) is 5.52. The zero-order chi connectivity index (χ0) is 10.4. The van der Waals surface area contributed by atoms with Crippen LogP contribution in [0.2, 0.25) is 0 Å². The molecule has 0 saturated heterocycles. The second kappa shape index (κ2) is 5.94. The van der Waals surface area contributed by atoms with E-state index in [0.29, 0.717) is 5.56 Å². The predicted molar refractivity (Wildman–Crippen MR) is 59.8 cm³/mol. The summed E-state index contributed by atoms with van der Waals surface area (Å²) < 4.78 is 13.2. The highest BCUT2D eigenvalue weighted by Crippen LogP contribution is 2.12. The molecule has 76 valence electrons. The molecule has 1 nitrogen and oxygen atoms in total. The van der Waals surface area contributed by atoms with Crippen LogP contribution in [0, 0.1) is 5.82 Å². The third-order valence-electron chi connectivity index (χ3n) is 1.82. The number of rotatable bonds is 4. The summed E-state index contributed by atoms with van der Waals surface area (Å²) in [6, 6.07) is 4.61. The second-order valence-corrected chi connectivity index (χ2v) is 3.69. The summed E-state index contributed by atoms with van der Waals surface area (Å²) in [6.45, 7) is -0.0560. The van der Waals surface area contributed by atoms with E-state index in [1.807, 2.05) is 6.08 Å². The summed E-state index contributed by atoms with van der Waals surface area (Å²) in [5.41, 5.74) is 1.25. The lowest BCUT2D eigenvalue weighted by molar-refractivity contribution is 0.281. The number of allylic oxidation sites excluding steroid dienone is 1. The topological polar surface area (TPSA) is 20.2 Å². The Labute approximate surface area is 91.4 Å². The van der Waals surface area contributed by atoms with Crippen molar-refractivity contribution >= 4 is 22.0 Å². The van der Waals surface area contributed by atoms with Gasteiger partial charge in [0.2, 0.25) is 0 Å². The molecule has 1 aromatic rings. The Kier molecular flexibility index (Phi) is 4.84. The molecule has 0 aromatic heterocycles. The number of hydrogen-bond acceptors (Lipinski definition) is 1. The van der Waals surface area contributed by atoms with Gasteiger partial charge in [0, 0.05) is 10.9 Å². The Balaban J connectivity index is 2.83. The van der Waals surface area contributed by atoms with Gasteiger partial charge < -0.3 is 5.11 Å². The Morgan fingerprint density at radius 2 is 2.21 bits per heavy atom. The average molecular weight is 259 g/mol. The van der Waals surface area contributed by atoms with Gasteiger partial charge in [-0.3, -0.25) is 0 Å². The monoisotopic (exact) mass is 258 g/mol. The molecular weight excluding hydrogens is 247 g/mol. The normalized spacial score (nSPS) is 11.1. The van der Waals surface area contributed by atoms with Gasteiger partial charge in [-0.2, -0.15) is 0 Å². The van der Waals surface area contributed by atoms with Crippen molar-refractivity contribution in [1.82, 2.24) is 0 Å². The number of benzene rings is 1. The minimum atomic E-state index is -0.256. The molecule has 3 heteroatoms. The van der Waals surface area contributed by atoms with Crippen LogP contribution in [0.3, 0.4) is 0 Å². The molecule has 0 radical (unpaired) electrons. The summed E-state index contributed by atoms with van der Waals surface area (Å²) in [6.07, 6.45) is 4.49. The zero-order valence-corrected chi connectivity index (χ0v) is 9.30. The zero-order valence-electron chi connectivity index (χ0n) is 7.71. The van der Waals surface area contributed by atoms with Gasteiger partial charge in [0.25, 0.3) is 0 Å². The van der Waals surface area contributed by atoms with Crippen LogP contribution in [-0.2, 0) is 6.61 Å². The van der Waals surface area contributed by atoms with Crippen molar-refractivity contribution < 1.29 is 9.50 Å². The molecule has 0 heterocycles. The molecule has 14 heavy (non-hydrogen) atoms. The number of hydrogen-bond donors (Lipinski definition) is 1. The Morgan fingerprint density at radius 3 is 2.86 bits per heavy atom. The van der Waals surface area contributed by atoms with Gasteiger partial charge in [-0.05, 0) is 24.1 Å². The van der Waals surface area contributed by atoms with Gasteiger partial charge in [0.15, 0.2) is 0 Å². The minimum Gasteiger partial charge on any atom is -0.392 e. The van der Waals surface area contributed by atoms with Crippen LogP contribution < -0.4 is 0 Å². The third kappa shape index (κ3) is 3.24. The molecule has 0 fully saturated rings. The van der Waals surface area contributed by atoms with Gasteiger partial charge in [-0.1, -0.05) is 34.1 Å². The summed E-state index contributed by atoms with van der Waals surface area (Å²) in [4.78, 5) is 0. The molecule has 1 aromatic carbocycles. The van der Waals surface area contributed by atoms with E-state index in [1.165, 1.54) is 6.07 Å².